The number of hydrogen-bond acceptors (Lipinski definition) is 1. The minimum atomic E-state index is -0.483. The quantitative estimate of drug-likeness (QED) is 0.775. The second kappa shape index (κ2) is 5.96. The van der Waals surface area contributed by atoms with Crippen molar-refractivity contribution in [1.29, 1.82) is 0 Å². The topological polar surface area (TPSA) is 20.3 Å². The van der Waals surface area contributed by atoms with Crippen LogP contribution >= 0.6 is 11.6 Å². The molecule has 0 radical (unpaired) electrons. The summed E-state index contributed by atoms with van der Waals surface area (Å²) in [5.74, 6) is 0.736. The molecule has 1 atom stereocenters. The summed E-state index contributed by atoms with van der Waals surface area (Å²) in [5.41, 5.74) is 0.585. The number of hydrogen-bond donors (Lipinski definition) is 0. The monoisotopic (exact) mass is 279 g/mol. The van der Waals surface area contributed by atoms with Crippen LogP contribution in [-0.4, -0.2) is 29.3 Å². The molecule has 2 rings (SSSR count). The van der Waals surface area contributed by atoms with Crippen LogP contribution in [0.4, 0.5) is 0 Å². The Balaban J connectivity index is 2.22. The summed E-state index contributed by atoms with van der Waals surface area (Å²) < 4.78 is 0. The predicted octanol–water partition coefficient (Wildman–Crippen LogP) is 3.58. The Kier molecular flexibility index (Phi) is 4.51. The van der Waals surface area contributed by atoms with Gasteiger partial charge in [-0.1, -0.05) is 30.3 Å². The van der Waals surface area contributed by atoms with Crippen molar-refractivity contribution < 1.29 is 4.79 Å². The maximum absolute atomic E-state index is 12.9. The Bertz CT molecular complexity index is 430. The molecule has 1 fully saturated rings. The van der Waals surface area contributed by atoms with E-state index in [1.165, 1.54) is 6.42 Å². The van der Waals surface area contributed by atoms with E-state index in [4.69, 9.17) is 11.6 Å². The second-order valence-electron chi connectivity index (χ2n) is 5.79. The molecule has 1 amide bonds. The molecule has 3 heteroatoms. The number of piperidine rings is 1. The van der Waals surface area contributed by atoms with E-state index in [9.17, 15) is 4.79 Å². The van der Waals surface area contributed by atoms with Crippen molar-refractivity contribution in [1.82, 2.24) is 4.90 Å². The van der Waals surface area contributed by atoms with Gasteiger partial charge in [0.25, 0.3) is 0 Å². The molecule has 0 spiro atoms. The molecule has 1 unspecified atom stereocenters. The third-order valence-electron chi connectivity index (χ3n) is 4.10. The Labute approximate surface area is 120 Å². The molecule has 1 aliphatic heterocycles. The number of halogens is 1. The standard InChI is InChI=1S/C16H22ClNO/c1-16(2,13-8-4-3-5-9-13)15(19)18-11-7-6-10-14(18)12-17/h3-5,8-9,14H,6-7,10-12H2,1-2H3. The smallest absolute Gasteiger partial charge is 0.232 e. The van der Waals surface area contributed by atoms with E-state index in [0.717, 1.165) is 24.9 Å². The number of carbonyl (C=O) groups is 1. The van der Waals surface area contributed by atoms with Gasteiger partial charge in [0.15, 0.2) is 0 Å². The maximum atomic E-state index is 12.9. The lowest BCUT2D eigenvalue weighted by Gasteiger charge is -2.39. The van der Waals surface area contributed by atoms with Crippen LogP contribution in [0.25, 0.3) is 0 Å². The SMILES string of the molecule is CC(C)(C(=O)N1CCCCC1CCl)c1ccccc1. The average Bonchev–Trinajstić information content (AvgIpc) is 2.47. The van der Waals surface area contributed by atoms with E-state index < -0.39 is 5.41 Å². The first-order chi connectivity index (χ1) is 9.07. The first kappa shape index (κ1) is 14.4. The van der Waals surface area contributed by atoms with Crippen LogP contribution in [0, 0.1) is 0 Å². The zero-order valence-electron chi connectivity index (χ0n) is 11.7. The van der Waals surface area contributed by atoms with E-state index >= 15 is 0 Å². The van der Waals surface area contributed by atoms with Crippen molar-refractivity contribution in [3.8, 4) is 0 Å². The lowest BCUT2D eigenvalue weighted by Crippen LogP contribution is -2.51. The molecule has 0 N–H and O–H groups in total. The Morgan fingerprint density at radius 1 is 1.32 bits per heavy atom. The minimum Gasteiger partial charge on any atom is -0.338 e. The van der Waals surface area contributed by atoms with Crippen LogP contribution in [-0.2, 0) is 10.2 Å². The molecule has 2 nitrogen and oxygen atoms in total. The summed E-state index contributed by atoms with van der Waals surface area (Å²) in [7, 11) is 0. The van der Waals surface area contributed by atoms with Crippen molar-refractivity contribution in [2.24, 2.45) is 0 Å². The van der Waals surface area contributed by atoms with Gasteiger partial charge in [0.05, 0.1) is 5.41 Å². The van der Waals surface area contributed by atoms with Crippen LogP contribution < -0.4 is 0 Å². The molecule has 19 heavy (non-hydrogen) atoms. The van der Waals surface area contributed by atoms with Crippen LogP contribution in [0.15, 0.2) is 30.3 Å². The molecule has 0 saturated carbocycles. The van der Waals surface area contributed by atoms with Crippen molar-refractivity contribution in [3.63, 3.8) is 0 Å². The number of alkyl halides is 1. The van der Waals surface area contributed by atoms with Gasteiger partial charge in [-0.25, -0.2) is 0 Å². The van der Waals surface area contributed by atoms with Gasteiger partial charge in [-0.2, -0.15) is 0 Å². The highest BCUT2D eigenvalue weighted by Crippen LogP contribution is 2.29. The minimum absolute atomic E-state index is 0.198. The summed E-state index contributed by atoms with van der Waals surface area (Å²) in [6.07, 6.45) is 3.29. The van der Waals surface area contributed by atoms with Gasteiger partial charge in [-0.3, -0.25) is 4.79 Å². The molecule has 104 valence electrons. The summed E-state index contributed by atoms with van der Waals surface area (Å²) in [6.45, 7) is 4.85. The Morgan fingerprint density at radius 2 is 2.00 bits per heavy atom. The van der Waals surface area contributed by atoms with Crippen LogP contribution in [0.5, 0.6) is 0 Å². The Hall–Kier alpha value is -1.02. The number of rotatable bonds is 3. The second-order valence-corrected chi connectivity index (χ2v) is 6.10. The largest absolute Gasteiger partial charge is 0.338 e. The van der Waals surface area contributed by atoms with Gasteiger partial charge in [-0.15, -0.1) is 11.6 Å². The van der Waals surface area contributed by atoms with E-state index in [2.05, 4.69) is 0 Å². The normalized spacial score (nSPS) is 20.4. The predicted molar refractivity (Wildman–Crippen MR) is 79.5 cm³/mol. The average molecular weight is 280 g/mol. The van der Waals surface area contributed by atoms with E-state index in [1.807, 2.05) is 49.1 Å². The van der Waals surface area contributed by atoms with Gasteiger partial charge >= 0.3 is 0 Å². The molecule has 0 bridgehead atoms. The molecule has 1 saturated heterocycles. The number of amides is 1. The third kappa shape index (κ3) is 2.94. The van der Waals surface area contributed by atoms with Crippen LogP contribution in [0.1, 0.15) is 38.7 Å². The zero-order valence-corrected chi connectivity index (χ0v) is 12.5. The lowest BCUT2D eigenvalue weighted by molar-refractivity contribution is -0.139. The number of nitrogens with zero attached hydrogens (tertiary/aromatic N) is 1. The molecule has 0 aliphatic carbocycles. The summed E-state index contributed by atoms with van der Waals surface area (Å²) in [4.78, 5) is 14.8. The fourth-order valence-electron chi connectivity index (χ4n) is 2.77. The number of benzene rings is 1. The van der Waals surface area contributed by atoms with Crippen LogP contribution in [0.2, 0.25) is 0 Å². The molecule has 0 aromatic heterocycles. The molecule has 1 aromatic carbocycles. The molecular weight excluding hydrogens is 258 g/mol. The van der Waals surface area contributed by atoms with Crippen molar-refractivity contribution in [2.45, 2.75) is 44.6 Å². The van der Waals surface area contributed by atoms with E-state index in [1.54, 1.807) is 0 Å². The van der Waals surface area contributed by atoms with Crippen molar-refractivity contribution in [3.05, 3.63) is 35.9 Å². The van der Waals surface area contributed by atoms with Crippen molar-refractivity contribution >= 4 is 17.5 Å². The zero-order chi connectivity index (χ0) is 13.9. The fraction of sp³-hybridized carbons (Fsp3) is 0.562. The summed E-state index contributed by atoms with van der Waals surface area (Å²) in [6, 6.07) is 10.2. The molecule has 1 aromatic rings. The Morgan fingerprint density at radius 3 is 2.63 bits per heavy atom. The molecule has 1 heterocycles. The third-order valence-corrected chi connectivity index (χ3v) is 4.45. The van der Waals surface area contributed by atoms with E-state index in [-0.39, 0.29) is 11.9 Å². The highest BCUT2D eigenvalue weighted by Gasteiger charge is 2.37. The van der Waals surface area contributed by atoms with Gasteiger partial charge in [0.1, 0.15) is 0 Å². The number of likely N-dealkylation sites (tertiary alicyclic amines) is 1. The van der Waals surface area contributed by atoms with Crippen LogP contribution in [0.3, 0.4) is 0 Å². The van der Waals surface area contributed by atoms with E-state index in [0.29, 0.717) is 5.88 Å². The first-order valence-corrected chi connectivity index (χ1v) is 7.53. The van der Waals surface area contributed by atoms with Gasteiger partial charge < -0.3 is 4.90 Å². The summed E-state index contributed by atoms with van der Waals surface area (Å²) >= 11 is 6.02. The highest BCUT2D eigenvalue weighted by atomic mass is 35.5. The maximum Gasteiger partial charge on any atom is 0.232 e. The summed E-state index contributed by atoms with van der Waals surface area (Å²) in [5, 5.41) is 0. The van der Waals surface area contributed by atoms with Gasteiger partial charge in [0.2, 0.25) is 5.91 Å². The highest BCUT2D eigenvalue weighted by molar-refractivity contribution is 6.18. The first-order valence-electron chi connectivity index (χ1n) is 7.00. The number of carbonyl (C=O) groups excluding carboxylic acids is 1. The van der Waals surface area contributed by atoms with Crippen molar-refractivity contribution in [2.75, 3.05) is 12.4 Å². The lowest BCUT2D eigenvalue weighted by atomic mass is 9.82. The van der Waals surface area contributed by atoms with Gasteiger partial charge in [0, 0.05) is 18.5 Å². The van der Waals surface area contributed by atoms with Gasteiger partial charge in [-0.05, 0) is 38.7 Å². The molecule has 1 aliphatic rings. The fourth-order valence-corrected chi connectivity index (χ4v) is 3.09. The molecular formula is C16H22ClNO.